The lowest BCUT2D eigenvalue weighted by Gasteiger charge is -2.38. The maximum atomic E-state index is 14.4. The van der Waals surface area contributed by atoms with E-state index in [0.29, 0.717) is 34.3 Å². The van der Waals surface area contributed by atoms with Gasteiger partial charge in [-0.3, -0.25) is 0 Å². The Labute approximate surface area is 189 Å². The molecule has 1 saturated carbocycles. The molecule has 2 heterocycles. The fourth-order valence-electron chi connectivity index (χ4n) is 3.64. The molecular formula is C21H26F5N5O2. The summed E-state index contributed by atoms with van der Waals surface area (Å²) in [7, 11) is 0. The van der Waals surface area contributed by atoms with Crippen molar-refractivity contribution in [2.75, 3.05) is 19.6 Å². The summed E-state index contributed by atoms with van der Waals surface area (Å²) < 4.78 is 88.9. The zero-order valence-electron chi connectivity index (χ0n) is 20.0. The van der Waals surface area contributed by atoms with Crippen molar-refractivity contribution in [3.05, 3.63) is 29.6 Å². The van der Waals surface area contributed by atoms with Crippen LogP contribution >= 0.6 is 0 Å². The lowest BCUT2D eigenvalue weighted by Crippen LogP contribution is -2.58. The van der Waals surface area contributed by atoms with E-state index >= 15 is 0 Å². The Morgan fingerprint density at radius 3 is 2.70 bits per heavy atom. The summed E-state index contributed by atoms with van der Waals surface area (Å²) in [6.07, 6.45) is -3.32. The van der Waals surface area contributed by atoms with Crippen LogP contribution in [0.15, 0.2) is 18.2 Å². The van der Waals surface area contributed by atoms with Crippen LogP contribution in [-0.4, -0.2) is 58.2 Å². The summed E-state index contributed by atoms with van der Waals surface area (Å²) in [5.74, 6) is -3.84. The number of H-pyrrole nitrogens is 1. The molecule has 4 N–H and O–H groups in total. The number of nitrogens with one attached hydrogen (secondary N) is 2. The fourth-order valence-corrected chi connectivity index (χ4v) is 3.64. The van der Waals surface area contributed by atoms with Gasteiger partial charge in [-0.15, -0.1) is 0 Å². The number of aromatic nitrogens is 2. The molecule has 1 saturated heterocycles. The summed E-state index contributed by atoms with van der Waals surface area (Å²) in [5, 5.41) is 2.07. The van der Waals surface area contributed by atoms with E-state index in [1.54, 1.807) is 18.2 Å². The first-order chi connectivity index (χ1) is 16.0. The number of hydrogen-bond donors (Lipinski definition) is 3. The Bertz CT molecular complexity index is 1120. The number of nitrogens with two attached hydrogens (primary N) is 1. The van der Waals surface area contributed by atoms with Crippen LogP contribution in [-0.2, 0) is 4.74 Å². The summed E-state index contributed by atoms with van der Waals surface area (Å²) in [6.45, 7) is -2.99. The molecule has 2 amide bonds. The molecule has 12 heteroatoms. The topological polar surface area (TPSA) is 96.3 Å². The molecule has 0 unspecified atom stereocenters. The second-order valence-corrected chi connectivity index (χ2v) is 8.95. The summed E-state index contributed by atoms with van der Waals surface area (Å²) in [5.41, 5.74) is 4.83. The number of alkyl halides is 5. The molecule has 0 bridgehead atoms. The summed E-state index contributed by atoms with van der Waals surface area (Å²) >= 11 is 0. The molecule has 4 rings (SSSR count). The van der Waals surface area contributed by atoms with Crippen molar-refractivity contribution in [1.82, 2.24) is 20.2 Å². The van der Waals surface area contributed by atoms with Crippen LogP contribution < -0.4 is 11.1 Å². The molecule has 7 nitrogen and oxygen atoms in total. The second kappa shape index (κ2) is 8.08. The van der Waals surface area contributed by atoms with Gasteiger partial charge in [-0.2, -0.15) is 13.2 Å². The van der Waals surface area contributed by atoms with Crippen LogP contribution in [0.1, 0.15) is 52.9 Å². The van der Waals surface area contributed by atoms with Crippen molar-refractivity contribution >= 4 is 17.1 Å². The highest BCUT2D eigenvalue weighted by atomic mass is 19.4. The molecule has 1 aliphatic carbocycles. The number of halogens is 5. The second-order valence-electron chi connectivity index (χ2n) is 8.95. The number of carbonyl (C=O) groups is 1. The number of ether oxygens (including phenoxy) is 1. The quantitative estimate of drug-likeness (QED) is 0.525. The Kier molecular flexibility index (Phi) is 5.17. The number of aromatic amines is 1. The smallest absolute Gasteiger partial charge is 0.364 e. The highest BCUT2D eigenvalue weighted by Crippen LogP contribution is 2.46. The van der Waals surface area contributed by atoms with Crippen LogP contribution in [0, 0.1) is 5.92 Å². The predicted octanol–water partition coefficient (Wildman–Crippen LogP) is 4.03. The fraction of sp³-hybridized carbons (Fsp3) is 0.619. The van der Waals surface area contributed by atoms with Crippen molar-refractivity contribution in [2.24, 2.45) is 11.7 Å². The van der Waals surface area contributed by atoms with Crippen molar-refractivity contribution < 1.29 is 34.2 Å². The molecule has 0 radical (unpaired) electrons. The van der Waals surface area contributed by atoms with E-state index in [4.69, 9.17) is 13.2 Å². The molecule has 2 aliphatic rings. The van der Waals surface area contributed by atoms with E-state index in [2.05, 4.69) is 15.3 Å². The SMILES string of the molecule is [2H]C1([2H])N([C@@H](c2ccc3[nH]c([C@@H](N)COC(C)(C)C(F)(F)F)nc3c2)C2CC2)C(=O)NCC1(F)F. The predicted molar refractivity (Wildman–Crippen MR) is 110 cm³/mol. The number of carbonyl (C=O) groups excluding carboxylic acids is 1. The van der Waals surface area contributed by atoms with E-state index in [9.17, 15) is 26.7 Å². The minimum Gasteiger partial charge on any atom is -0.364 e. The van der Waals surface area contributed by atoms with Gasteiger partial charge in [0.15, 0.2) is 5.60 Å². The van der Waals surface area contributed by atoms with Gasteiger partial charge in [-0.25, -0.2) is 18.6 Å². The van der Waals surface area contributed by atoms with Crippen molar-refractivity contribution in [3.63, 3.8) is 0 Å². The van der Waals surface area contributed by atoms with Crippen LogP contribution in [0.4, 0.5) is 26.7 Å². The summed E-state index contributed by atoms with van der Waals surface area (Å²) in [6, 6.07) is 1.82. The minimum atomic E-state index is -4.59. The van der Waals surface area contributed by atoms with Gasteiger partial charge in [0.25, 0.3) is 5.92 Å². The highest BCUT2D eigenvalue weighted by Gasteiger charge is 2.49. The highest BCUT2D eigenvalue weighted by molar-refractivity contribution is 5.78. The molecule has 182 valence electrons. The number of fused-ring (bicyclic) bond motifs is 1. The average Bonchev–Trinajstić information content (AvgIpc) is 3.49. The number of hydrogen-bond acceptors (Lipinski definition) is 4. The lowest BCUT2D eigenvalue weighted by atomic mass is 9.99. The van der Waals surface area contributed by atoms with Crippen LogP contribution in [0.2, 0.25) is 0 Å². The lowest BCUT2D eigenvalue weighted by molar-refractivity contribution is -0.264. The average molecular weight is 477 g/mol. The molecular weight excluding hydrogens is 449 g/mol. The Morgan fingerprint density at radius 1 is 1.36 bits per heavy atom. The molecule has 1 aromatic carbocycles. The molecule has 2 atom stereocenters. The number of nitrogens with zero attached hydrogens (tertiary/aromatic N) is 2. The number of imidazole rings is 1. The number of rotatable bonds is 7. The third kappa shape index (κ3) is 4.91. The van der Waals surface area contributed by atoms with E-state index in [1.807, 2.05) is 0 Å². The number of urea groups is 1. The van der Waals surface area contributed by atoms with Gasteiger partial charge in [0.1, 0.15) is 5.82 Å². The third-order valence-corrected chi connectivity index (χ3v) is 5.84. The largest absolute Gasteiger partial charge is 0.416 e. The Hall–Kier alpha value is -2.47. The van der Waals surface area contributed by atoms with Gasteiger partial charge in [0, 0.05) is 0 Å². The number of benzene rings is 1. The first-order valence-electron chi connectivity index (χ1n) is 11.5. The summed E-state index contributed by atoms with van der Waals surface area (Å²) in [4.78, 5) is 20.3. The maximum absolute atomic E-state index is 14.4. The molecule has 0 spiro atoms. The van der Waals surface area contributed by atoms with E-state index < -0.39 is 55.5 Å². The van der Waals surface area contributed by atoms with E-state index in [1.165, 1.54) is 0 Å². The van der Waals surface area contributed by atoms with Crippen LogP contribution in [0.3, 0.4) is 0 Å². The molecule has 2 fully saturated rings. The first-order valence-corrected chi connectivity index (χ1v) is 10.5. The molecule has 1 aromatic heterocycles. The van der Waals surface area contributed by atoms with Crippen LogP contribution in [0.25, 0.3) is 11.0 Å². The zero-order chi connectivity index (χ0) is 26.0. The van der Waals surface area contributed by atoms with Crippen molar-refractivity contribution in [3.8, 4) is 0 Å². The normalized spacial score (nSPS) is 23.6. The molecule has 33 heavy (non-hydrogen) atoms. The maximum Gasteiger partial charge on any atom is 0.416 e. The monoisotopic (exact) mass is 477 g/mol. The van der Waals surface area contributed by atoms with Crippen LogP contribution in [0.5, 0.6) is 0 Å². The van der Waals surface area contributed by atoms with Crippen molar-refractivity contribution in [1.29, 1.82) is 0 Å². The Balaban J connectivity index is 1.61. The number of amides is 2. The van der Waals surface area contributed by atoms with Gasteiger partial charge in [0.2, 0.25) is 0 Å². The first kappa shape index (κ1) is 21.1. The zero-order valence-corrected chi connectivity index (χ0v) is 18.0. The Morgan fingerprint density at radius 2 is 2.06 bits per heavy atom. The van der Waals surface area contributed by atoms with Gasteiger partial charge in [-0.1, -0.05) is 6.07 Å². The van der Waals surface area contributed by atoms with Crippen molar-refractivity contribution in [2.45, 2.75) is 56.5 Å². The van der Waals surface area contributed by atoms with E-state index in [0.717, 1.165) is 13.8 Å². The van der Waals surface area contributed by atoms with Gasteiger partial charge >= 0.3 is 12.2 Å². The van der Waals surface area contributed by atoms with Gasteiger partial charge < -0.3 is 25.7 Å². The van der Waals surface area contributed by atoms with Gasteiger partial charge in [0.05, 0.1) is 45.5 Å². The molecule has 2 aromatic rings. The third-order valence-electron chi connectivity index (χ3n) is 5.84. The van der Waals surface area contributed by atoms with E-state index in [-0.39, 0.29) is 11.7 Å². The standard InChI is InChI=1S/C21H26F5N5O2/c1-19(2,21(24,25)26)33-8-13(27)17-29-14-6-5-12(7-15(14)30-17)16(11-3-4-11)31-10-20(22,23)9-28-18(31)32/h5-7,11,13,16H,3-4,8-10,27H2,1-2H3,(H,28,32)(H,29,30)/t13-,16+/m0/s1/i10D2. The van der Waals surface area contributed by atoms with Gasteiger partial charge in [-0.05, 0) is 50.3 Å². The molecule has 1 aliphatic heterocycles. The minimum absolute atomic E-state index is 0.163.